The van der Waals surface area contributed by atoms with E-state index in [1.165, 1.54) is 6.42 Å². The highest BCUT2D eigenvalue weighted by Crippen LogP contribution is 1.92. The van der Waals surface area contributed by atoms with E-state index in [0.717, 1.165) is 25.5 Å². The molecule has 5 heteroatoms. The molecule has 3 N–H and O–H groups in total. The van der Waals surface area contributed by atoms with Gasteiger partial charge in [0.2, 0.25) is 0 Å². The van der Waals surface area contributed by atoms with Crippen LogP contribution in [-0.4, -0.2) is 37.3 Å². The number of aliphatic hydroxyl groups is 1. The largest absolute Gasteiger partial charge is 0.396 e. The van der Waals surface area contributed by atoms with Gasteiger partial charge in [0.1, 0.15) is 0 Å². The van der Waals surface area contributed by atoms with E-state index in [1.807, 2.05) is 13.8 Å². The molecule has 0 saturated heterocycles. The van der Waals surface area contributed by atoms with Crippen LogP contribution in [0.1, 0.15) is 33.6 Å². The summed E-state index contributed by atoms with van der Waals surface area (Å²) >= 11 is 0. The van der Waals surface area contributed by atoms with Gasteiger partial charge >= 0.3 is 0 Å². The Balaban J connectivity index is 0. The summed E-state index contributed by atoms with van der Waals surface area (Å²) in [7, 11) is 0. The Kier molecular flexibility index (Phi) is 14.9. The number of unbranched alkanes of at least 4 members (excludes halogenated alkanes) is 1. The van der Waals surface area contributed by atoms with Crippen molar-refractivity contribution in [1.82, 2.24) is 10.6 Å². The molecule has 0 aromatic carbocycles. The molecule has 16 heavy (non-hydrogen) atoms. The smallest absolute Gasteiger partial charge is 0.191 e. The van der Waals surface area contributed by atoms with E-state index in [1.54, 1.807) is 0 Å². The quantitative estimate of drug-likeness (QED) is 0.285. The van der Waals surface area contributed by atoms with Gasteiger partial charge < -0.3 is 15.7 Å². The fraction of sp³-hybridized carbons (Fsp3) is 0.909. The molecule has 98 valence electrons. The lowest BCUT2D eigenvalue weighted by Gasteiger charge is -2.11. The second kappa shape index (κ2) is 13.0. The van der Waals surface area contributed by atoms with E-state index in [0.29, 0.717) is 6.54 Å². The van der Waals surface area contributed by atoms with Crippen molar-refractivity contribution in [3.8, 4) is 0 Å². The molecule has 0 spiro atoms. The minimum absolute atomic E-state index is 0. The lowest BCUT2D eigenvalue weighted by Crippen LogP contribution is -2.38. The first kappa shape index (κ1) is 18.3. The van der Waals surface area contributed by atoms with Crippen LogP contribution in [0.15, 0.2) is 4.99 Å². The van der Waals surface area contributed by atoms with Crippen LogP contribution in [-0.2, 0) is 0 Å². The summed E-state index contributed by atoms with van der Waals surface area (Å²) in [6.45, 7) is 8.88. The molecule has 0 aliphatic heterocycles. The third kappa shape index (κ3) is 10.5. The van der Waals surface area contributed by atoms with Crippen molar-refractivity contribution < 1.29 is 5.11 Å². The van der Waals surface area contributed by atoms with E-state index in [4.69, 9.17) is 5.11 Å². The predicted molar refractivity (Wildman–Crippen MR) is 80.6 cm³/mol. The maximum atomic E-state index is 8.88. The molecule has 4 nitrogen and oxygen atoms in total. The number of nitrogens with one attached hydrogen (secondary N) is 2. The molecular formula is C11H26IN3O. The summed E-state index contributed by atoms with van der Waals surface area (Å²) in [5.74, 6) is 1.08. The standard InChI is InChI=1S/C11H25N3O.HI/c1-4-6-7-13-11(12-5-2)14-8-10(3)9-15;/h10,15H,4-9H2,1-3H3,(H2,12,13,14);1H. The average Bonchev–Trinajstić information content (AvgIpc) is 2.25. The summed E-state index contributed by atoms with van der Waals surface area (Å²) in [5, 5.41) is 15.3. The zero-order valence-corrected chi connectivity index (χ0v) is 13.0. The van der Waals surface area contributed by atoms with Crippen molar-refractivity contribution in [1.29, 1.82) is 0 Å². The zero-order valence-electron chi connectivity index (χ0n) is 10.6. The van der Waals surface area contributed by atoms with Crippen LogP contribution >= 0.6 is 24.0 Å². The number of hydrogen-bond donors (Lipinski definition) is 3. The first-order valence-corrected chi connectivity index (χ1v) is 5.87. The molecule has 0 aromatic rings. The first-order chi connectivity index (χ1) is 7.24. The van der Waals surface area contributed by atoms with Gasteiger partial charge in [-0.15, -0.1) is 24.0 Å². The molecule has 0 radical (unpaired) electrons. The van der Waals surface area contributed by atoms with Crippen molar-refractivity contribution in [3.05, 3.63) is 0 Å². The van der Waals surface area contributed by atoms with Gasteiger partial charge in [0.05, 0.1) is 0 Å². The lowest BCUT2D eigenvalue weighted by molar-refractivity contribution is 0.241. The van der Waals surface area contributed by atoms with Crippen LogP contribution in [0.4, 0.5) is 0 Å². The van der Waals surface area contributed by atoms with Gasteiger partial charge in [0.25, 0.3) is 0 Å². The van der Waals surface area contributed by atoms with Crippen LogP contribution < -0.4 is 10.6 Å². The van der Waals surface area contributed by atoms with E-state index in [-0.39, 0.29) is 36.5 Å². The Morgan fingerprint density at radius 1 is 1.31 bits per heavy atom. The van der Waals surface area contributed by atoms with Crippen molar-refractivity contribution >= 4 is 29.9 Å². The van der Waals surface area contributed by atoms with E-state index < -0.39 is 0 Å². The van der Waals surface area contributed by atoms with Gasteiger partial charge in [-0.05, 0) is 19.3 Å². The third-order valence-corrected chi connectivity index (χ3v) is 2.04. The molecule has 0 heterocycles. The number of halogens is 1. The highest BCUT2D eigenvalue weighted by Gasteiger charge is 2.00. The van der Waals surface area contributed by atoms with Gasteiger partial charge in [0.15, 0.2) is 5.96 Å². The third-order valence-electron chi connectivity index (χ3n) is 2.04. The van der Waals surface area contributed by atoms with Crippen LogP contribution in [0, 0.1) is 5.92 Å². The second-order valence-corrected chi connectivity index (χ2v) is 3.79. The van der Waals surface area contributed by atoms with E-state index in [2.05, 4.69) is 22.5 Å². The monoisotopic (exact) mass is 343 g/mol. The maximum absolute atomic E-state index is 8.88. The molecule has 0 aliphatic carbocycles. The Bertz CT molecular complexity index is 177. The molecule has 0 rings (SSSR count). The van der Waals surface area contributed by atoms with Crippen molar-refractivity contribution in [3.63, 3.8) is 0 Å². The van der Waals surface area contributed by atoms with Crippen molar-refractivity contribution in [2.45, 2.75) is 33.6 Å². The van der Waals surface area contributed by atoms with Gasteiger partial charge in [-0.25, -0.2) is 0 Å². The van der Waals surface area contributed by atoms with E-state index >= 15 is 0 Å². The molecule has 0 fully saturated rings. The van der Waals surface area contributed by atoms with Gasteiger partial charge in [-0.1, -0.05) is 20.3 Å². The fourth-order valence-electron chi connectivity index (χ4n) is 1.03. The Morgan fingerprint density at radius 3 is 2.50 bits per heavy atom. The molecule has 0 aromatic heterocycles. The predicted octanol–water partition coefficient (Wildman–Crippen LogP) is 1.59. The summed E-state index contributed by atoms with van der Waals surface area (Å²) in [4.78, 5) is 4.39. The number of aliphatic hydroxyl groups excluding tert-OH is 1. The highest BCUT2D eigenvalue weighted by atomic mass is 127. The minimum atomic E-state index is 0. The topological polar surface area (TPSA) is 56.7 Å². The molecule has 1 unspecified atom stereocenters. The Morgan fingerprint density at radius 2 is 2.00 bits per heavy atom. The number of rotatable bonds is 7. The van der Waals surface area contributed by atoms with Crippen LogP contribution in [0.3, 0.4) is 0 Å². The molecule has 0 bridgehead atoms. The molecule has 1 atom stereocenters. The average molecular weight is 343 g/mol. The number of hydrogen-bond acceptors (Lipinski definition) is 2. The van der Waals surface area contributed by atoms with Crippen LogP contribution in [0.2, 0.25) is 0 Å². The second-order valence-electron chi connectivity index (χ2n) is 3.79. The van der Waals surface area contributed by atoms with Gasteiger partial charge in [-0.2, -0.15) is 0 Å². The number of nitrogens with zero attached hydrogens (tertiary/aromatic N) is 1. The Hall–Kier alpha value is -0.0400. The van der Waals surface area contributed by atoms with Crippen molar-refractivity contribution in [2.75, 3.05) is 26.2 Å². The minimum Gasteiger partial charge on any atom is -0.396 e. The zero-order chi connectivity index (χ0) is 11.5. The summed E-state index contributed by atoms with van der Waals surface area (Å²) in [6.07, 6.45) is 2.33. The summed E-state index contributed by atoms with van der Waals surface area (Å²) in [5.41, 5.74) is 0. The molecule has 0 amide bonds. The Labute approximate surface area is 116 Å². The maximum Gasteiger partial charge on any atom is 0.191 e. The molecular weight excluding hydrogens is 317 g/mol. The number of aliphatic imine (C=N–C) groups is 1. The van der Waals surface area contributed by atoms with Gasteiger partial charge in [-0.3, -0.25) is 4.99 Å². The molecule has 0 saturated carbocycles. The van der Waals surface area contributed by atoms with Gasteiger partial charge in [0, 0.05) is 26.2 Å². The summed E-state index contributed by atoms with van der Waals surface area (Å²) < 4.78 is 0. The normalized spacial score (nSPS) is 12.9. The summed E-state index contributed by atoms with van der Waals surface area (Å²) in [6, 6.07) is 0. The van der Waals surface area contributed by atoms with Crippen molar-refractivity contribution in [2.24, 2.45) is 10.9 Å². The van der Waals surface area contributed by atoms with Crippen LogP contribution in [0.5, 0.6) is 0 Å². The molecule has 0 aliphatic rings. The first-order valence-electron chi connectivity index (χ1n) is 5.87. The van der Waals surface area contributed by atoms with Crippen LogP contribution in [0.25, 0.3) is 0 Å². The SMILES string of the molecule is CCCCNC(=NCC(C)CO)NCC.I. The van der Waals surface area contributed by atoms with E-state index in [9.17, 15) is 0 Å². The lowest BCUT2D eigenvalue weighted by atomic mass is 10.2. The fourth-order valence-corrected chi connectivity index (χ4v) is 1.03. The highest BCUT2D eigenvalue weighted by molar-refractivity contribution is 14.0. The number of guanidine groups is 1.